The predicted molar refractivity (Wildman–Crippen MR) is 158 cm³/mol. The van der Waals surface area contributed by atoms with Gasteiger partial charge in [0.1, 0.15) is 24.7 Å². The monoisotopic (exact) mass is 522 g/mol. The molecule has 38 heavy (non-hydrogen) atoms. The van der Waals surface area contributed by atoms with Gasteiger partial charge in [-0.1, -0.05) is 30.3 Å². The normalized spacial score (nSPS) is 13.8. The lowest BCUT2D eigenvalue weighted by atomic mass is 9.99. The molecule has 1 aliphatic heterocycles. The molecule has 1 fully saturated rings. The zero-order valence-electron chi connectivity index (χ0n) is 21.7. The Kier molecular flexibility index (Phi) is 7.75. The highest BCUT2D eigenvalue weighted by Gasteiger charge is 2.15. The molecule has 5 heteroatoms. The van der Waals surface area contributed by atoms with Crippen molar-refractivity contribution in [2.75, 3.05) is 32.8 Å². The highest BCUT2D eigenvalue weighted by Crippen LogP contribution is 2.40. The van der Waals surface area contributed by atoms with Crippen molar-refractivity contribution in [3.05, 3.63) is 108 Å². The zero-order chi connectivity index (χ0) is 25.6. The largest absolute Gasteiger partial charge is 0.492 e. The predicted octanol–water partition coefficient (Wildman–Crippen LogP) is 7.51. The van der Waals surface area contributed by atoms with Gasteiger partial charge in [0.2, 0.25) is 0 Å². The number of likely N-dealkylation sites (tertiary alicyclic amines) is 1. The standard InChI is InChI=1S/C33H34N2O2S/c1-2-8-32-30(7-1)31(25-26-9-13-28(14-10-26)36-23-21-34-17-3-4-18-34)33(38-32)27-11-15-29(16-12-27)37-24-22-35-19-5-6-20-35/h1-4,7-18H,5-6,19-25H2. The SMILES string of the molecule is c1ccc2c(Cc3ccc(OCCn4cccc4)cc3)c(-c3ccc(OCCN4CCCC4)cc3)sc2c1. The van der Waals surface area contributed by atoms with E-state index < -0.39 is 0 Å². The van der Waals surface area contributed by atoms with E-state index in [1.807, 2.05) is 23.5 Å². The first-order valence-electron chi connectivity index (χ1n) is 13.6. The second-order valence-corrected chi connectivity index (χ2v) is 11.0. The van der Waals surface area contributed by atoms with Gasteiger partial charge in [-0.15, -0.1) is 11.3 Å². The smallest absolute Gasteiger partial charge is 0.119 e. The summed E-state index contributed by atoms with van der Waals surface area (Å²) < 4.78 is 15.5. The second-order valence-electron chi connectivity index (χ2n) is 9.92. The molecule has 0 saturated carbocycles. The topological polar surface area (TPSA) is 26.6 Å². The maximum Gasteiger partial charge on any atom is 0.119 e. The molecule has 0 unspecified atom stereocenters. The van der Waals surface area contributed by atoms with Crippen molar-refractivity contribution in [3.63, 3.8) is 0 Å². The Balaban J connectivity index is 1.14. The Hall–Kier alpha value is -3.54. The number of hydrogen-bond acceptors (Lipinski definition) is 4. The van der Waals surface area contributed by atoms with Crippen molar-refractivity contribution < 1.29 is 9.47 Å². The van der Waals surface area contributed by atoms with Gasteiger partial charge in [0.15, 0.2) is 0 Å². The number of aromatic nitrogens is 1. The van der Waals surface area contributed by atoms with Crippen LogP contribution in [-0.2, 0) is 13.0 Å². The first kappa shape index (κ1) is 24.8. The molecule has 6 rings (SSSR count). The summed E-state index contributed by atoms with van der Waals surface area (Å²) >= 11 is 1.88. The Morgan fingerprint density at radius 1 is 0.684 bits per heavy atom. The summed E-state index contributed by atoms with van der Waals surface area (Å²) in [5.41, 5.74) is 3.92. The second kappa shape index (κ2) is 11.9. The molecule has 1 saturated heterocycles. The third kappa shape index (κ3) is 5.95. The van der Waals surface area contributed by atoms with E-state index in [9.17, 15) is 0 Å². The Bertz CT molecular complexity index is 1430. The molecule has 0 atom stereocenters. The Labute approximate surface area is 229 Å². The number of benzene rings is 3. The molecular formula is C33H34N2O2S. The highest BCUT2D eigenvalue weighted by atomic mass is 32.1. The maximum absolute atomic E-state index is 6.05. The number of thiophene rings is 1. The van der Waals surface area contributed by atoms with Gasteiger partial charge in [0, 0.05) is 28.5 Å². The van der Waals surface area contributed by atoms with Crippen molar-refractivity contribution in [2.45, 2.75) is 25.8 Å². The Morgan fingerprint density at radius 3 is 2.08 bits per heavy atom. The number of hydrogen-bond donors (Lipinski definition) is 0. The fourth-order valence-corrected chi connectivity index (χ4v) is 6.43. The van der Waals surface area contributed by atoms with Crippen LogP contribution < -0.4 is 9.47 Å². The molecule has 5 aromatic rings. The summed E-state index contributed by atoms with van der Waals surface area (Å²) in [5, 5.41) is 1.34. The van der Waals surface area contributed by atoms with Crippen LogP contribution in [0.2, 0.25) is 0 Å². The van der Waals surface area contributed by atoms with Gasteiger partial charge in [-0.3, -0.25) is 4.90 Å². The molecule has 0 amide bonds. The van der Waals surface area contributed by atoms with Gasteiger partial charge < -0.3 is 14.0 Å². The Morgan fingerprint density at radius 2 is 1.34 bits per heavy atom. The van der Waals surface area contributed by atoms with E-state index >= 15 is 0 Å². The van der Waals surface area contributed by atoms with E-state index in [2.05, 4.69) is 94.7 Å². The van der Waals surface area contributed by atoms with Crippen LogP contribution in [0.1, 0.15) is 24.0 Å². The fourth-order valence-electron chi connectivity index (χ4n) is 5.20. The molecule has 3 aromatic carbocycles. The van der Waals surface area contributed by atoms with Crippen LogP contribution in [0.15, 0.2) is 97.3 Å². The first-order chi connectivity index (χ1) is 18.8. The van der Waals surface area contributed by atoms with Gasteiger partial charge in [0.05, 0.1) is 6.54 Å². The van der Waals surface area contributed by atoms with Gasteiger partial charge in [-0.25, -0.2) is 0 Å². The molecular weight excluding hydrogens is 488 g/mol. The highest BCUT2D eigenvalue weighted by molar-refractivity contribution is 7.22. The molecule has 0 radical (unpaired) electrons. The van der Waals surface area contributed by atoms with E-state index in [4.69, 9.17) is 9.47 Å². The van der Waals surface area contributed by atoms with Crippen LogP contribution in [0, 0.1) is 0 Å². The average molecular weight is 523 g/mol. The van der Waals surface area contributed by atoms with Crippen LogP contribution in [0.3, 0.4) is 0 Å². The lowest BCUT2D eigenvalue weighted by molar-refractivity contribution is 0.238. The molecule has 194 valence electrons. The van der Waals surface area contributed by atoms with Crippen molar-refractivity contribution >= 4 is 21.4 Å². The average Bonchev–Trinajstić information content (AvgIpc) is 3.73. The minimum atomic E-state index is 0.658. The lowest BCUT2D eigenvalue weighted by Gasteiger charge is -2.15. The molecule has 1 aliphatic rings. The summed E-state index contributed by atoms with van der Waals surface area (Å²) in [5.74, 6) is 1.86. The summed E-state index contributed by atoms with van der Waals surface area (Å²) in [7, 11) is 0. The quantitative estimate of drug-likeness (QED) is 0.180. The van der Waals surface area contributed by atoms with E-state index in [0.717, 1.165) is 37.6 Å². The van der Waals surface area contributed by atoms with Crippen LogP contribution >= 0.6 is 11.3 Å². The van der Waals surface area contributed by atoms with Gasteiger partial charge >= 0.3 is 0 Å². The first-order valence-corrected chi connectivity index (χ1v) is 14.4. The van der Waals surface area contributed by atoms with Crippen molar-refractivity contribution in [3.8, 4) is 21.9 Å². The van der Waals surface area contributed by atoms with E-state index in [1.54, 1.807) is 0 Å². The van der Waals surface area contributed by atoms with E-state index in [1.165, 1.54) is 57.6 Å². The molecule has 3 heterocycles. The summed E-state index contributed by atoms with van der Waals surface area (Å²) in [6.45, 7) is 5.69. The van der Waals surface area contributed by atoms with Crippen LogP contribution in [0.5, 0.6) is 11.5 Å². The molecule has 2 aromatic heterocycles. The van der Waals surface area contributed by atoms with Gasteiger partial charge in [0.25, 0.3) is 0 Å². The summed E-state index contributed by atoms with van der Waals surface area (Å²) in [6, 6.07) is 30.0. The van der Waals surface area contributed by atoms with Gasteiger partial charge in [-0.05, 0) is 109 Å². The molecule has 0 bridgehead atoms. The molecule has 0 spiro atoms. The van der Waals surface area contributed by atoms with Gasteiger partial charge in [-0.2, -0.15) is 0 Å². The maximum atomic E-state index is 6.05. The van der Waals surface area contributed by atoms with Crippen LogP contribution in [-0.4, -0.2) is 42.3 Å². The van der Waals surface area contributed by atoms with E-state index in [-0.39, 0.29) is 0 Å². The van der Waals surface area contributed by atoms with Crippen molar-refractivity contribution in [1.29, 1.82) is 0 Å². The van der Waals surface area contributed by atoms with Crippen LogP contribution in [0.25, 0.3) is 20.5 Å². The molecule has 0 N–H and O–H groups in total. The minimum Gasteiger partial charge on any atom is -0.492 e. The van der Waals surface area contributed by atoms with Crippen LogP contribution in [0.4, 0.5) is 0 Å². The molecule has 4 nitrogen and oxygen atoms in total. The number of fused-ring (bicyclic) bond motifs is 1. The van der Waals surface area contributed by atoms with Crippen molar-refractivity contribution in [2.24, 2.45) is 0 Å². The molecule has 0 aliphatic carbocycles. The summed E-state index contributed by atoms with van der Waals surface area (Å²) in [6.07, 6.45) is 7.64. The van der Waals surface area contributed by atoms with E-state index in [0.29, 0.717) is 6.61 Å². The fraction of sp³-hybridized carbons (Fsp3) is 0.273. The summed E-state index contributed by atoms with van der Waals surface area (Å²) in [4.78, 5) is 3.82. The third-order valence-electron chi connectivity index (χ3n) is 7.28. The number of rotatable bonds is 11. The zero-order valence-corrected chi connectivity index (χ0v) is 22.5. The number of ether oxygens (including phenoxy) is 2. The lowest BCUT2D eigenvalue weighted by Crippen LogP contribution is -2.25. The third-order valence-corrected chi connectivity index (χ3v) is 8.54. The minimum absolute atomic E-state index is 0.658. The number of nitrogens with zero attached hydrogens (tertiary/aromatic N) is 2. The van der Waals surface area contributed by atoms with Crippen molar-refractivity contribution in [1.82, 2.24) is 9.47 Å².